The number of furan rings is 1. The van der Waals surface area contributed by atoms with Crippen molar-refractivity contribution in [3.8, 4) is 0 Å². The predicted octanol–water partition coefficient (Wildman–Crippen LogP) is 2.65. The normalized spacial score (nSPS) is 17.9. The predicted molar refractivity (Wildman–Crippen MR) is 87.6 cm³/mol. The van der Waals surface area contributed by atoms with Crippen LogP contribution in [0, 0.1) is 6.92 Å². The summed E-state index contributed by atoms with van der Waals surface area (Å²) in [7, 11) is 0. The second-order valence-electron chi connectivity index (χ2n) is 6.05. The fourth-order valence-electron chi connectivity index (χ4n) is 3.05. The van der Waals surface area contributed by atoms with Gasteiger partial charge in [-0.15, -0.1) is 0 Å². The lowest BCUT2D eigenvalue weighted by molar-refractivity contribution is -0.129. The fraction of sp³-hybridized carbons (Fsp3) is 0.444. The molecule has 122 valence electrons. The minimum Gasteiger partial charge on any atom is -0.464 e. The Morgan fingerprint density at radius 1 is 1.39 bits per heavy atom. The second-order valence-corrected chi connectivity index (χ2v) is 6.05. The van der Waals surface area contributed by atoms with Gasteiger partial charge in [0.1, 0.15) is 11.5 Å². The summed E-state index contributed by atoms with van der Waals surface area (Å²) in [6.45, 7) is 4.21. The number of pyridine rings is 1. The van der Waals surface area contributed by atoms with Crippen LogP contribution in [0.2, 0.25) is 0 Å². The monoisotopic (exact) mass is 313 g/mol. The van der Waals surface area contributed by atoms with Crippen LogP contribution in [0.3, 0.4) is 0 Å². The molecule has 0 radical (unpaired) electrons. The lowest BCUT2D eigenvalue weighted by Gasteiger charge is -2.24. The molecule has 1 saturated heterocycles. The number of aromatic nitrogens is 1. The zero-order chi connectivity index (χ0) is 16.1. The molecular weight excluding hydrogens is 290 g/mol. The van der Waals surface area contributed by atoms with Gasteiger partial charge in [0.05, 0.1) is 6.54 Å². The molecule has 1 aliphatic heterocycles. The Bertz CT molecular complexity index is 639. The summed E-state index contributed by atoms with van der Waals surface area (Å²) in [6, 6.07) is 8.21. The van der Waals surface area contributed by atoms with E-state index in [4.69, 9.17) is 4.42 Å². The highest BCUT2D eigenvalue weighted by molar-refractivity contribution is 5.78. The lowest BCUT2D eigenvalue weighted by Crippen LogP contribution is -2.34. The second kappa shape index (κ2) is 7.42. The van der Waals surface area contributed by atoms with Crippen molar-refractivity contribution < 1.29 is 9.21 Å². The van der Waals surface area contributed by atoms with Crippen molar-refractivity contribution in [1.29, 1.82) is 0 Å². The highest BCUT2D eigenvalue weighted by atomic mass is 16.3. The van der Waals surface area contributed by atoms with E-state index >= 15 is 0 Å². The largest absolute Gasteiger partial charge is 0.464 e. The Labute approximate surface area is 136 Å². The van der Waals surface area contributed by atoms with Crippen LogP contribution in [0.1, 0.15) is 36.3 Å². The zero-order valence-electron chi connectivity index (χ0n) is 13.5. The summed E-state index contributed by atoms with van der Waals surface area (Å²) in [6.07, 6.45) is 6.20. The number of aryl methyl sites for hydroxylation is 1. The Morgan fingerprint density at radius 3 is 3.04 bits per heavy atom. The van der Waals surface area contributed by atoms with Gasteiger partial charge < -0.3 is 14.6 Å². The van der Waals surface area contributed by atoms with Gasteiger partial charge >= 0.3 is 0 Å². The molecule has 5 heteroatoms. The van der Waals surface area contributed by atoms with Gasteiger partial charge in [-0.1, -0.05) is 6.07 Å². The van der Waals surface area contributed by atoms with Crippen molar-refractivity contribution in [3.63, 3.8) is 0 Å². The summed E-state index contributed by atoms with van der Waals surface area (Å²) in [5, 5.41) is 3.43. The van der Waals surface area contributed by atoms with E-state index in [0.29, 0.717) is 19.0 Å². The van der Waals surface area contributed by atoms with E-state index in [0.717, 1.165) is 37.5 Å². The highest BCUT2D eigenvalue weighted by Crippen LogP contribution is 2.24. The number of carbonyl (C=O) groups is 1. The molecule has 3 rings (SSSR count). The molecule has 2 aromatic rings. The van der Waals surface area contributed by atoms with E-state index in [2.05, 4.69) is 16.4 Å². The molecule has 0 aromatic carbocycles. The quantitative estimate of drug-likeness (QED) is 0.798. The van der Waals surface area contributed by atoms with Crippen LogP contribution < -0.4 is 5.32 Å². The van der Waals surface area contributed by atoms with Gasteiger partial charge in [-0.05, 0) is 50.1 Å². The van der Waals surface area contributed by atoms with Crippen LogP contribution in [-0.2, 0) is 17.9 Å². The molecule has 1 N–H and O–H groups in total. The molecule has 0 spiro atoms. The Kier molecular flexibility index (Phi) is 5.08. The molecule has 1 atom stereocenters. The maximum atomic E-state index is 12.1. The minimum absolute atomic E-state index is 0.233. The number of nitrogens with zero attached hydrogens (tertiary/aromatic N) is 2. The van der Waals surface area contributed by atoms with Crippen LogP contribution in [0.4, 0.5) is 0 Å². The summed E-state index contributed by atoms with van der Waals surface area (Å²) < 4.78 is 5.61. The van der Waals surface area contributed by atoms with Crippen molar-refractivity contribution in [2.75, 3.05) is 6.54 Å². The average Bonchev–Trinajstić information content (AvgIpc) is 3.12. The highest BCUT2D eigenvalue weighted by Gasteiger charge is 2.30. The molecule has 1 fully saturated rings. The van der Waals surface area contributed by atoms with Crippen molar-refractivity contribution in [3.05, 3.63) is 53.7 Å². The van der Waals surface area contributed by atoms with Crippen LogP contribution in [0.15, 0.2) is 41.1 Å². The summed E-state index contributed by atoms with van der Waals surface area (Å²) in [5.41, 5.74) is 1.18. The molecule has 2 aromatic heterocycles. The van der Waals surface area contributed by atoms with Crippen LogP contribution in [0.25, 0.3) is 0 Å². The van der Waals surface area contributed by atoms with Crippen LogP contribution in [0.5, 0.6) is 0 Å². The fourth-order valence-corrected chi connectivity index (χ4v) is 3.05. The topological polar surface area (TPSA) is 58.4 Å². The van der Waals surface area contributed by atoms with Gasteiger partial charge in [0.2, 0.25) is 5.91 Å². The third kappa shape index (κ3) is 4.20. The maximum Gasteiger partial charge on any atom is 0.223 e. The van der Waals surface area contributed by atoms with Crippen molar-refractivity contribution in [1.82, 2.24) is 15.2 Å². The van der Waals surface area contributed by atoms with E-state index in [1.807, 2.05) is 36.2 Å². The number of carbonyl (C=O) groups excluding carboxylic acids is 1. The summed E-state index contributed by atoms with van der Waals surface area (Å²) >= 11 is 0. The number of nitrogens with one attached hydrogen (secondary N) is 1. The Balaban J connectivity index is 1.47. The number of rotatable bonds is 7. The number of likely N-dealkylation sites (tertiary alicyclic amines) is 1. The first-order valence-electron chi connectivity index (χ1n) is 8.17. The number of hydrogen-bond acceptors (Lipinski definition) is 4. The third-order valence-corrected chi connectivity index (χ3v) is 4.28. The first-order valence-corrected chi connectivity index (χ1v) is 8.17. The molecule has 0 saturated carbocycles. The minimum atomic E-state index is 0.233. The van der Waals surface area contributed by atoms with Crippen molar-refractivity contribution in [2.24, 2.45) is 0 Å². The average molecular weight is 313 g/mol. The molecule has 5 nitrogen and oxygen atoms in total. The molecule has 0 unspecified atom stereocenters. The van der Waals surface area contributed by atoms with Crippen LogP contribution in [-0.4, -0.2) is 28.4 Å². The number of amides is 1. The van der Waals surface area contributed by atoms with Gasteiger partial charge in [-0.25, -0.2) is 0 Å². The van der Waals surface area contributed by atoms with Crippen molar-refractivity contribution in [2.45, 2.75) is 45.3 Å². The maximum absolute atomic E-state index is 12.1. The zero-order valence-corrected chi connectivity index (χ0v) is 13.5. The molecule has 1 amide bonds. The van der Waals surface area contributed by atoms with Crippen molar-refractivity contribution >= 4 is 5.91 Å². The lowest BCUT2D eigenvalue weighted by atomic mass is 10.1. The Morgan fingerprint density at radius 2 is 2.30 bits per heavy atom. The summed E-state index contributed by atoms with van der Waals surface area (Å²) in [5.74, 6) is 1.99. The molecule has 0 bridgehead atoms. The first-order chi connectivity index (χ1) is 11.2. The summed E-state index contributed by atoms with van der Waals surface area (Å²) in [4.78, 5) is 18.2. The molecule has 1 aliphatic rings. The van der Waals surface area contributed by atoms with E-state index in [-0.39, 0.29) is 5.91 Å². The van der Waals surface area contributed by atoms with E-state index in [1.54, 1.807) is 6.20 Å². The number of hydrogen-bond donors (Lipinski definition) is 1. The molecule has 0 aliphatic carbocycles. The van der Waals surface area contributed by atoms with Gasteiger partial charge in [-0.2, -0.15) is 0 Å². The van der Waals surface area contributed by atoms with Gasteiger partial charge in [0.15, 0.2) is 0 Å². The Hall–Kier alpha value is -2.14. The SMILES string of the molecule is Cc1ccc(CN2C(=O)CC[C@H]2CCNCc2cccnc2)o1. The molecule has 3 heterocycles. The first kappa shape index (κ1) is 15.7. The van der Waals surface area contributed by atoms with E-state index < -0.39 is 0 Å². The third-order valence-electron chi connectivity index (χ3n) is 4.28. The van der Waals surface area contributed by atoms with Crippen LogP contribution >= 0.6 is 0 Å². The van der Waals surface area contributed by atoms with Gasteiger partial charge in [-0.3, -0.25) is 9.78 Å². The molecular formula is C18H23N3O2. The standard InChI is InChI=1S/C18H23N3O2/c1-14-4-6-17(23-14)13-21-16(5-7-18(21)22)8-10-20-12-15-3-2-9-19-11-15/h2-4,6,9,11,16,20H,5,7-8,10,12-13H2,1H3/t16-/m0/s1. The van der Waals surface area contributed by atoms with E-state index in [9.17, 15) is 4.79 Å². The van der Waals surface area contributed by atoms with Gasteiger partial charge in [0, 0.05) is 31.4 Å². The smallest absolute Gasteiger partial charge is 0.223 e. The molecule has 23 heavy (non-hydrogen) atoms. The van der Waals surface area contributed by atoms with E-state index in [1.165, 1.54) is 5.56 Å². The van der Waals surface area contributed by atoms with Gasteiger partial charge in [0.25, 0.3) is 0 Å².